The van der Waals surface area contributed by atoms with Crippen molar-refractivity contribution in [1.29, 1.82) is 0 Å². The summed E-state index contributed by atoms with van der Waals surface area (Å²) in [6, 6.07) is 4.05. The SMILES string of the molecule is CNc1nc(C)cc(NCCCn2nc(C)cc2C)n1. The number of aromatic nitrogens is 4. The second-order valence-corrected chi connectivity index (χ2v) is 4.90. The lowest BCUT2D eigenvalue weighted by Gasteiger charge is -2.09. The molecule has 0 bridgehead atoms. The zero-order chi connectivity index (χ0) is 14.5. The van der Waals surface area contributed by atoms with Crippen LogP contribution in [0.5, 0.6) is 0 Å². The van der Waals surface area contributed by atoms with Crippen molar-refractivity contribution in [3.63, 3.8) is 0 Å². The van der Waals surface area contributed by atoms with E-state index < -0.39 is 0 Å². The smallest absolute Gasteiger partial charge is 0.224 e. The molecule has 2 rings (SSSR count). The van der Waals surface area contributed by atoms with Crippen LogP contribution in [-0.2, 0) is 6.54 Å². The summed E-state index contributed by atoms with van der Waals surface area (Å²) in [6.07, 6.45) is 1.000. The quantitative estimate of drug-likeness (QED) is 0.790. The Hall–Kier alpha value is -2.11. The second kappa shape index (κ2) is 6.36. The molecule has 6 nitrogen and oxygen atoms in total. The van der Waals surface area contributed by atoms with Crippen LogP contribution in [0.25, 0.3) is 0 Å². The number of hydrogen-bond acceptors (Lipinski definition) is 5. The Morgan fingerprint density at radius 3 is 2.55 bits per heavy atom. The van der Waals surface area contributed by atoms with E-state index in [1.54, 1.807) is 0 Å². The van der Waals surface area contributed by atoms with Gasteiger partial charge in [0.05, 0.1) is 5.69 Å². The summed E-state index contributed by atoms with van der Waals surface area (Å²) in [7, 11) is 1.82. The van der Waals surface area contributed by atoms with Crippen molar-refractivity contribution in [3.05, 3.63) is 29.2 Å². The zero-order valence-corrected chi connectivity index (χ0v) is 12.6. The van der Waals surface area contributed by atoms with Gasteiger partial charge in [0.15, 0.2) is 0 Å². The van der Waals surface area contributed by atoms with Crippen molar-refractivity contribution in [2.24, 2.45) is 0 Å². The van der Waals surface area contributed by atoms with Crippen molar-refractivity contribution >= 4 is 11.8 Å². The minimum atomic E-state index is 0.644. The molecule has 0 saturated carbocycles. The molecule has 0 unspecified atom stereocenters. The molecule has 0 radical (unpaired) electrons. The van der Waals surface area contributed by atoms with Crippen LogP contribution >= 0.6 is 0 Å². The van der Waals surface area contributed by atoms with Gasteiger partial charge in [-0.15, -0.1) is 0 Å². The maximum absolute atomic E-state index is 4.45. The average molecular weight is 274 g/mol. The first kappa shape index (κ1) is 14.3. The van der Waals surface area contributed by atoms with Crippen molar-refractivity contribution in [2.75, 3.05) is 24.2 Å². The van der Waals surface area contributed by atoms with Crippen molar-refractivity contribution in [3.8, 4) is 0 Å². The van der Waals surface area contributed by atoms with Crippen molar-refractivity contribution < 1.29 is 0 Å². The summed E-state index contributed by atoms with van der Waals surface area (Å²) in [4.78, 5) is 8.63. The fraction of sp³-hybridized carbons (Fsp3) is 0.500. The highest BCUT2D eigenvalue weighted by molar-refractivity contribution is 5.41. The largest absolute Gasteiger partial charge is 0.370 e. The number of nitrogens with zero attached hydrogens (tertiary/aromatic N) is 4. The number of rotatable bonds is 6. The molecule has 2 aromatic heterocycles. The molecule has 2 aromatic rings. The minimum Gasteiger partial charge on any atom is -0.370 e. The first-order valence-corrected chi connectivity index (χ1v) is 6.87. The van der Waals surface area contributed by atoms with E-state index in [2.05, 4.69) is 38.7 Å². The van der Waals surface area contributed by atoms with E-state index >= 15 is 0 Å². The number of anilines is 2. The molecule has 0 fully saturated rings. The first-order chi connectivity index (χ1) is 9.58. The molecular weight excluding hydrogens is 252 g/mol. The van der Waals surface area contributed by atoms with Gasteiger partial charge in [0.1, 0.15) is 5.82 Å². The van der Waals surface area contributed by atoms with Crippen LogP contribution in [0.2, 0.25) is 0 Å². The molecule has 0 spiro atoms. The van der Waals surface area contributed by atoms with Crippen molar-refractivity contribution in [1.82, 2.24) is 19.7 Å². The maximum atomic E-state index is 4.45. The summed E-state index contributed by atoms with van der Waals surface area (Å²) in [6.45, 7) is 7.84. The summed E-state index contributed by atoms with van der Waals surface area (Å²) in [5.41, 5.74) is 3.23. The first-order valence-electron chi connectivity index (χ1n) is 6.87. The van der Waals surface area contributed by atoms with Gasteiger partial charge in [-0.2, -0.15) is 10.1 Å². The fourth-order valence-electron chi connectivity index (χ4n) is 2.12. The van der Waals surface area contributed by atoms with E-state index in [0.29, 0.717) is 5.95 Å². The normalized spacial score (nSPS) is 10.6. The summed E-state index contributed by atoms with van der Waals surface area (Å²) < 4.78 is 2.04. The molecule has 0 aliphatic carbocycles. The van der Waals surface area contributed by atoms with Gasteiger partial charge in [-0.25, -0.2) is 4.98 Å². The lowest BCUT2D eigenvalue weighted by Crippen LogP contribution is -2.10. The fourth-order valence-corrected chi connectivity index (χ4v) is 2.12. The van der Waals surface area contributed by atoms with Crippen LogP contribution in [0.3, 0.4) is 0 Å². The Labute approximate surface area is 119 Å². The zero-order valence-electron chi connectivity index (χ0n) is 12.6. The summed E-state index contributed by atoms with van der Waals surface area (Å²) >= 11 is 0. The van der Waals surface area contributed by atoms with Crippen LogP contribution in [-0.4, -0.2) is 33.3 Å². The molecule has 2 N–H and O–H groups in total. The van der Waals surface area contributed by atoms with Gasteiger partial charge in [-0.1, -0.05) is 0 Å². The van der Waals surface area contributed by atoms with Crippen LogP contribution < -0.4 is 10.6 Å². The van der Waals surface area contributed by atoms with Crippen molar-refractivity contribution in [2.45, 2.75) is 33.7 Å². The molecule has 0 aliphatic rings. The number of aryl methyl sites for hydroxylation is 4. The van der Waals surface area contributed by atoms with E-state index in [9.17, 15) is 0 Å². The lowest BCUT2D eigenvalue weighted by molar-refractivity contribution is 0.573. The highest BCUT2D eigenvalue weighted by atomic mass is 15.3. The lowest BCUT2D eigenvalue weighted by atomic mass is 10.3. The molecule has 0 atom stereocenters. The molecule has 0 aliphatic heterocycles. The highest BCUT2D eigenvalue weighted by Gasteiger charge is 2.02. The van der Waals surface area contributed by atoms with Gasteiger partial charge in [-0.05, 0) is 33.3 Å². The average Bonchev–Trinajstić information content (AvgIpc) is 2.72. The van der Waals surface area contributed by atoms with E-state index in [4.69, 9.17) is 0 Å². The van der Waals surface area contributed by atoms with Crippen LogP contribution in [0.15, 0.2) is 12.1 Å². The maximum Gasteiger partial charge on any atom is 0.224 e. The third-order valence-corrected chi connectivity index (χ3v) is 3.03. The Morgan fingerprint density at radius 2 is 1.90 bits per heavy atom. The van der Waals surface area contributed by atoms with Gasteiger partial charge in [0, 0.05) is 37.6 Å². The molecule has 0 amide bonds. The summed E-state index contributed by atoms with van der Waals surface area (Å²) in [5.74, 6) is 1.50. The third-order valence-electron chi connectivity index (χ3n) is 3.03. The van der Waals surface area contributed by atoms with E-state index in [0.717, 1.165) is 36.7 Å². The van der Waals surface area contributed by atoms with Crippen LogP contribution in [0.4, 0.5) is 11.8 Å². The predicted molar refractivity (Wildman–Crippen MR) is 81.1 cm³/mol. The molecule has 6 heteroatoms. The minimum absolute atomic E-state index is 0.644. The Kier molecular flexibility index (Phi) is 4.55. The third kappa shape index (κ3) is 3.69. The van der Waals surface area contributed by atoms with Gasteiger partial charge in [-0.3, -0.25) is 4.68 Å². The van der Waals surface area contributed by atoms with E-state index in [1.165, 1.54) is 5.69 Å². The van der Waals surface area contributed by atoms with Crippen LogP contribution in [0.1, 0.15) is 23.5 Å². The Morgan fingerprint density at radius 1 is 1.10 bits per heavy atom. The van der Waals surface area contributed by atoms with Gasteiger partial charge in [0.25, 0.3) is 0 Å². The topological polar surface area (TPSA) is 67.7 Å². The van der Waals surface area contributed by atoms with Gasteiger partial charge < -0.3 is 10.6 Å². The Bertz CT molecular complexity index is 575. The summed E-state index contributed by atoms with van der Waals surface area (Å²) in [5, 5.41) is 10.7. The van der Waals surface area contributed by atoms with E-state index in [1.807, 2.05) is 31.6 Å². The molecule has 0 saturated heterocycles. The molecule has 2 heterocycles. The highest BCUT2D eigenvalue weighted by Crippen LogP contribution is 2.09. The van der Waals surface area contributed by atoms with Crippen LogP contribution in [0, 0.1) is 20.8 Å². The van der Waals surface area contributed by atoms with E-state index in [-0.39, 0.29) is 0 Å². The monoisotopic (exact) mass is 274 g/mol. The molecule has 20 heavy (non-hydrogen) atoms. The van der Waals surface area contributed by atoms with Gasteiger partial charge in [0.2, 0.25) is 5.95 Å². The molecule has 0 aromatic carbocycles. The molecular formula is C14H22N6. The molecule has 108 valence electrons. The van der Waals surface area contributed by atoms with Gasteiger partial charge >= 0.3 is 0 Å². The number of nitrogens with one attached hydrogen (secondary N) is 2. The Balaban J connectivity index is 1.84. The second-order valence-electron chi connectivity index (χ2n) is 4.90. The predicted octanol–water partition coefficient (Wildman–Crippen LogP) is 2.14. The number of hydrogen-bond donors (Lipinski definition) is 2. The standard InChI is InChI=1S/C14H22N6/c1-10-9-13(18-14(15-4)17-10)16-6-5-7-20-12(3)8-11(2)19-20/h8-9H,5-7H2,1-4H3,(H2,15,16,17,18).